The van der Waals surface area contributed by atoms with Gasteiger partial charge in [0.2, 0.25) is 0 Å². The summed E-state index contributed by atoms with van der Waals surface area (Å²) in [5.41, 5.74) is 0. The highest BCUT2D eigenvalue weighted by Crippen LogP contribution is 2.26. The number of allylic oxidation sites excluding steroid dienone is 2. The smallest absolute Gasteiger partial charge is 0.306 e. The fraction of sp³-hybridized carbons (Fsp3) is 0.907. The van der Waals surface area contributed by atoms with Crippen molar-refractivity contribution in [2.75, 3.05) is 26.4 Å². The molecule has 58 heavy (non-hydrogen) atoms. The summed E-state index contributed by atoms with van der Waals surface area (Å²) in [5.74, 6) is -0.944. The Bertz CT molecular complexity index is 1080. The lowest BCUT2D eigenvalue weighted by molar-refractivity contribution is -0.332. The van der Waals surface area contributed by atoms with Gasteiger partial charge in [-0.3, -0.25) is 9.59 Å². The van der Waals surface area contributed by atoms with Gasteiger partial charge in [0.05, 0.1) is 19.8 Å². The highest BCUT2D eigenvalue weighted by atomic mass is 16.7. The van der Waals surface area contributed by atoms with Crippen LogP contribution in [0, 0.1) is 0 Å². The molecule has 0 radical (unpaired) electrons. The third-order valence-corrected chi connectivity index (χ3v) is 10.7. The Kier molecular flexibility index (Phi) is 28.9. The molecule has 2 saturated heterocycles. The van der Waals surface area contributed by atoms with Gasteiger partial charge >= 0.3 is 11.9 Å². The average molecular weight is 835 g/mol. The maximum atomic E-state index is 12.9. The number of unbranched alkanes of at least 4 members (excludes halogenated alkanes) is 17. The van der Waals surface area contributed by atoms with Gasteiger partial charge < -0.3 is 64.2 Å². The molecule has 0 saturated carbocycles. The molecule has 0 bridgehead atoms. The Morgan fingerprint density at radius 2 is 0.983 bits per heavy atom. The van der Waals surface area contributed by atoms with Crippen molar-refractivity contribution in [2.45, 2.75) is 223 Å². The third-order valence-electron chi connectivity index (χ3n) is 10.7. The van der Waals surface area contributed by atoms with Crippen LogP contribution in [0.1, 0.15) is 155 Å². The molecule has 0 spiro atoms. The predicted octanol–water partition coefficient (Wildman–Crippen LogP) is 4.26. The first-order chi connectivity index (χ1) is 28.0. The number of aliphatic hydroxyl groups is 7. The number of ether oxygens (including phenoxy) is 6. The average Bonchev–Trinajstić information content (AvgIpc) is 3.21. The summed E-state index contributed by atoms with van der Waals surface area (Å²) >= 11 is 0. The lowest BCUT2D eigenvalue weighted by Crippen LogP contribution is -2.61. The monoisotopic (exact) mass is 835 g/mol. The SMILES string of the molecule is CCCCCCCC/C=C/CCCCCC(=O)OC[C@H](CO[C@@H]1O[C@H](CO[C@@H]2O[C@H](CO)[C@H](O)C(O)C2O)[C@H](O)C(O)C1O)OC(=O)CCCCCCCCCCC. The van der Waals surface area contributed by atoms with Crippen LogP contribution < -0.4 is 0 Å². The van der Waals surface area contributed by atoms with Crippen molar-refractivity contribution < 1.29 is 73.8 Å². The topological polar surface area (TPSA) is 231 Å². The van der Waals surface area contributed by atoms with Gasteiger partial charge in [-0.05, 0) is 38.5 Å². The Morgan fingerprint density at radius 3 is 1.53 bits per heavy atom. The van der Waals surface area contributed by atoms with Gasteiger partial charge in [-0.1, -0.05) is 116 Å². The molecule has 2 rings (SSSR count). The van der Waals surface area contributed by atoms with E-state index in [0.29, 0.717) is 12.8 Å². The summed E-state index contributed by atoms with van der Waals surface area (Å²) in [6.45, 7) is 2.52. The third kappa shape index (κ3) is 21.2. The van der Waals surface area contributed by atoms with Crippen LogP contribution in [0.4, 0.5) is 0 Å². The Morgan fingerprint density at radius 1 is 0.534 bits per heavy atom. The highest BCUT2D eigenvalue weighted by molar-refractivity contribution is 5.70. The van der Waals surface area contributed by atoms with Gasteiger partial charge in [-0.15, -0.1) is 0 Å². The predicted molar refractivity (Wildman–Crippen MR) is 215 cm³/mol. The second kappa shape index (κ2) is 32.0. The largest absolute Gasteiger partial charge is 0.462 e. The molecular formula is C43H78O15. The first kappa shape index (κ1) is 52.4. The van der Waals surface area contributed by atoms with E-state index in [1.807, 2.05) is 0 Å². The van der Waals surface area contributed by atoms with Gasteiger partial charge in [0.25, 0.3) is 0 Å². The number of aliphatic hydroxyl groups excluding tert-OH is 7. The van der Waals surface area contributed by atoms with Crippen LogP contribution in [0.3, 0.4) is 0 Å². The second-order valence-corrected chi connectivity index (χ2v) is 15.9. The number of carbonyl (C=O) groups excluding carboxylic acids is 2. The van der Waals surface area contributed by atoms with E-state index >= 15 is 0 Å². The fourth-order valence-corrected chi connectivity index (χ4v) is 6.97. The summed E-state index contributed by atoms with van der Waals surface area (Å²) in [7, 11) is 0. The standard InChI is InChI=1S/C43H78O15/c1-3-5-7-9-11-13-14-15-16-18-19-21-23-25-34(45)53-28-31(56-35(46)26-24-22-20-17-12-10-8-6-4-2)29-54-42-41(52)39(50)37(48)33(58-42)30-55-43-40(51)38(49)36(47)32(27-44)57-43/h15-16,31-33,36-44,47-52H,3-14,17-30H2,1-2H3/b16-15+/t31-,32-,33-,36+,37+,38?,39?,40?,41?,42-,43-/m1/s1. The van der Waals surface area contributed by atoms with Crippen molar-refractivity contribution >= 4 is 11.9 Å². The van der Waals surface area contributed by atoms with E-state index in [0.717, 1.165) is 44.9 Å². The van der Waals surface area contributed by atoms with E-state index in [9.17, 15) is 45.3 Å². The number of rotatable bonds is 33. The minimum Gasteiger partial charge on any atom is -0.462 e. The normalized spacial score (nSPS) is 28.2. The molecule has 0 amide bonds. The quantitative estimate of drug-likeness (QED) is 0.0278. The zero-order valence-electron chi connectivity index (χ0n) is 35.3. The first-order valence-electron chi connectivity index (χ1n) is 22.3. The maximum absolute atomic E-state index is 12.9. The van der Waals surface area contributed by atoms with Crippen LogP contribution in [-0.4, -0.2) is 142 Å². The first-order valence-corrected chi connectivity index (χ1v) is 22.3. The van der Waals surface area contributed by atoms with Crippen LogP contribution in [0.25, 0.3) is 0 Å². The van der Waals surface area contributed by atoms with Crippen LogP contribution in [-0.2, 0) is 38.0 Å². The van der Waals surface area contributed by atoms with E-state index in [-0.39, 0.29) is 26.1 Å². The summed E-state index contributed by atoms with van der Waals surface area (Å²) in [5, 5.41) is 71.7. The molecule has 0 aromatic rings. The van der Waals surface area contributed by atoms with Crippen molar-refractivity contribution in [3.8, 4) is 0 Å². The zero-order valence-corrected chi connectivity index (χ0v) is 35.3. The van der Waals surface area contributed by atoms with Crippen molar-refractivity contribution in [1.29, 1.82) is 0 Å². The van der Waals surface area contributed by atoms with E-state index in [2.05, 4.69) is 26.0 Å². The molecule has 15 nitrogen and oxygen atoms in total. The lowest BCUT2D eigenvalue weighted by Gasteiger charge is -2.42. The van der Waals surface area contributed by atoms with Crippen LogP contribution in [0.5, 0.6) is 0 Å². The van der Waals surface area contributed by atoms with E-state index in [4.69, 9.17) is 28.4 Å². The van der Waals surface area contributed by atoms with Crippen LogP contribution in [0.2, 0.25) is 0 Å². The van der Waals surface area contributed by atoms with Gasteiger partial charge in [-0.2, -0.15) is 0 Å². The van der Waals surface area contributed by atoms with Crippen molar-refractivity contribution in [3.63, 3.8) is 0 Å². The molecule has 0 aromatic carbocycles. The minimum atomic E-state index is -1.76. The molecular weight excluding hydrogens is 756 g/mol. The summed E-state index contributed by atoms with van der Waals surface area (Å²) in [6.07, 6.45) is 9.88. The summed E-state index contributed by atoms with van der Waals surface area (Å²) < 4.78 is 33.4. The van der Waals surface area contributed by atoms with Crippen LogP contribution >= 0.6 is 0 Å². The number of hydrogen-bond donors (Lipinski definition) is 7. The Labute approximate surface area is 346 Å². The molecule has 2 aliphatic rings. The molecule has 0 aromatic heterocycles. The fourth-order valence-electron chi connectivity index (χ4n) is 6.97. The van der Waals surface area contributed by atoms with Crippen molar-refractivity contribution in [1.82, 2.24) is 0 Å². The highest BCUT2D eigenvalue weighted by Gasteiger charge is 2.47. The van der Waals surface area contributed by atoms with Gasteiger partial charge in [0.15, 0.2) is 18.7 Å². The van der Waals surface area contributed by atoms with E-state index in [1.54, 1.807) is 0 Å². The molecule has 4 unspecified atom stereocenters. The summed E-state index contributed by atoms with van der Waals surface area (Å²) in [6, 6.07) is 0. The molecule has 7 N–H and O–H groups in total. The molecule has 2 aliphatic heterocycles. The number of hydrogen-bond acceptors (Lipinski definition) is 15. The maximum Gasteiger partial charge on any atom is 0.306 e. The molecule has 2 heterocycles. The second-order valence-electron chi connectivity index (χ2n) is 15.9. The van der Waals surface area contributed by atoms with Crippen molar-refractivity contribution in [3.05, 3.63) is 12.2 Å². The number of esters is 2. The van der Waals surface area contributed by atoms with Gasteiger partial charge in [0.1, 0.15) is 55.4 Å². The van der Waals surface area contributed by atoms with Crippen LogP contribution in [0.15, 0.2) is 12.2 Å². The molecule has 0 aliphatic carbocycles. The van der Waals surface area contributed by atoms with Crippen molar-refractivity contribution in [2.24, 2.45) is 0 Å². The van der Waals surface area contributed by atoms with Gasteiger partial charge in [-0.25, -0.2) is 0 Å². The van der Waals surface area contributed by atoms with Gasteiger partial charge in [0, 0.05) is 12.8 Å². The number of carbonyl (C=O) groups is 2. The molecule has 2 fully saturated rings. The Hall–Kier alpha value is -1.76. The van der Waals surface area contributed by atoms with E-state index in [1.165, 1.54) is 70.6 Å². The molecule has 15 heteroatoms. The van der Waals surface area contributed by atoms with E-state index < -0.39 is 92.7 Å². The Balaban J connectivity index is 1.87. The zero-order chi connectivity index (χ0) is 42.5. The minimum absolute atomic E-state index is 0.165. The molecule has 340 valence electrons. The summed E-state index contributed by atoms with van der Waals surface area (Å²) in [4.78, 5) is 25.5. The molecule has 11 atom stereocenters. The lowest BCUT2D eigenvalue weighted by atomic mass is 9.98.